The second-order valence-corrected chi connectivity index (χ2v) is 5.54. The number of hydrogen-bond donors (Lipinski definition) is 2. The van der Waals surface area contributed by atoms with E-state index >= 15 is 0 Å². The molecule has 7 heteroatoms. The number of carbonyl (C=O) groups is 1. The summed E-state index contributed by atoms with van der Waals surface area (Å²) < 4.78 is 11.6. The molecular formula is C17H17BrN2O4. The van der Waals surface area contributed by atoms with Gasteiger partial charge in [0.1, 0.15) is 0 Å². The Morgan fingerprint density at radius 3 is 2.79 bits per heavy atom. The lowest BCUT2D eigenvalue weighted by Gasteiger charge is -2.11. The summed E-state index contributed by atoms with van der Waals surface area (Å²) in [5.41, 5.74) is 4.08. The van der Waals surface area contributed by atoms with Gasteiger partial charge in [0.2, 0.25) is 0 Å². The van der Waals surface area contributed by atoms with Crippen LogP contribution in [0.2, 0.25) is 0 Å². The maximum absolute atomic E-state index is 11.2. The smallest absolute Gasteiger partial charge is 0.337 e. The van der Waals surface area contributed by atoms with E-state index in [9.17, 15) is 4.79 Å². The summed E-state index contributed by atoms with van der Waals surface area (Å²) in [5.74, 6) is 0.194. The van der Waals surface area contributed by atoms with Crippen molar-refractivity contribution in [1.82, 2.24) is 0 Å². The third kappa shape index (κ3) is 4.26. The minimum atomic E-state index is -1.01. The number of hydrazone groups is 1. The van der Waals surface area contributed by atoms with E-state index in [2.05, 4.69) is 26.5 Å². The monoisotopic (exact) mass is 392 g/mol. The molecule has 2 N–H and O–H groups in total. The number of nitrogens with zero attached hydrogens (tertiary/aromatic N) is 1. The molecule has 126 valence electrons. The molecule has 0 amide bonds. The zero-order chi connectivity index (χ0) is 17.5. The third-order valence-electron chi connectivity index (χ3n) is 3.09. The number of hydrogen-bond acceptors (Lipinski definition) is 5. The van der Waals surface area contributed by atoms with Crippen LogP contribution in [0.5, 0.6) is 11.5 Å². The van der Waals surface area contributed by atoms with Crippen molar-refractivity contribution in [2.45, 2.75) is 6.92 Å². The molecule has 0 bridgehead atoms. The molecule has 0 heterocycles. The first-order valence-electron chi connectivity index (χ1n) is 7.18. The second-order valence-electron chi connectivity index (χ2n) is 4.69. The summed E-state index contributed by atoms with van der Waals surface area (Å²) >= 11 is 3.43. The van der Waals surface area contributed by atoms with E-state index in [1.807, 2.05) is 13.0 Å². The zero-order valence-corrected chi connectivity index (χ0v) is 14.8. The molecule has 2 rings (SSSR count). The standard InChI is InChI=1S/C17H17BrN2O4/c1-3-24-15-9-11(8-13(18)16(15)23-2)10-19-20-14-7-5-4-6-12(14)17(21)22/h4-10,20H,3H2,1-2H3,(H,21,22). The first kappa shape index (κ1) is 17.8. The number of rotatable bonds is 7. The number of para-hydroxylation sites is 1. The number of carboxylic acids is 1. The largest absolute Gasteiger partial charge is 0.492 e. The molecule has 0 saturated heterocycles. The minimum absolute atomic E-state index is 0.153. The second kappa shape index (κ2) is 8.35. The van der Waals surface area contributed by atoms with Crippen LogP contribution in [0, 0.1) is 0 Å². The van der Waals surface area contributed by atoms with Crippen LogP contribution in [0.1, 0.15) is 22.8 Å². The van der Waals surface area contributed by atoms with Gasteiger partial charge in [0.25, 0.3) is 0 Å². The molecule has 0 atom stereocenters. The number of anilines is 1. The molecule has 0 aliphatic rings. The molecule has 2 aromatic rings. The van der Waals surface area contributed by atoms with Crippen LogP contribution in [0.4, 0.5) is 5.69 Å². The summed E-state index contributed by atoms with van der Waals surface area (Å²) in [4.78, 5) is 11.2. The van der Waals surface area contributed by atoms with Gasteiger partial charge < -0.3 is 14.6 Å². The lowest BCUT2D eigenvalue weighted by atomic mass is 10.2. The van der Waals surface area contributed by atoms with Gasteiger partial charge in [-0.05, 0) is 52.7 Å². The number of aromatic carboxylic acids is 1. The van der Waals surface area contributed by atoms with Crippen molar-refractivity contribution < 1.29 is 19.4 Å². The van der Waals surface area contributed by atoms with Gasteiger partial charge in [-0.1, -0.05) is 12.1 Å². The van der Waals surface area contributed by atoms with Crippen LogP contribution in [-0.2, 0) is 0 Å². The third-order valence-corrected chi connectivity index (χ3v) is 3.68. The highest BCUT2D eigenvalue weighted by Crippen LogP contribution is 2.36. The molecule has 0 spiro atoms. The maximum atomic E-state index is 11.2. The van der Waals surface area contributed by atoms with Gasteiger partial charge in [-0.3, -0.25) is 5.43 Å². The fourth-order valence-electron chi connectivity index (χ4n) is 2.07. The van der Waals surface area contributed by atoms with Gasteiger partial charge in [-0.2, -0.15) is 5.10 Å². The topological polar surface area (TPSA) is 80.2 Å². The molecule has 0 saturated carbocycles. The normalized spacial score (nSPS) is 10.6. The van der Waals surface area contributed by atoms with Crippen molar-refractivity contribution >= 4 is 33.8 Å². The van der Waals surface area contributed by atoms with E-state index in [4.69, 9.17) is 14.6 Å². The average Bonchev–Trinajstić information content (AvgIpc) is 2.55. The predicted octanol–water partition coefficient (Wildman–Crippen LogP) is 4.00. The zero-order valence-electron chi connectivity index (χ0n) is 13.2. The van der Waals surface area contributed by atoms with Crippen molar-refractivity contribution in [3.63, 3.8) is 0 Å². The van der Waals surface area contributed by atoms with Crippen molar-refractivity contribution in [1.29, 1.82) is 0 Å². The van der Waals surface area contributed by atoms with E-state index in [1.54, 1.807) is 37.6 Å². The van der Waals surface area contributed by atoms with Crippen LogP contribution < -0.4 is 14.9 Å². The van der Waals surface area contributed by atoms with Gasteiger partial charge in [0.05, 0.1) is 35.7 Å². The molecule has 6 nitrogen and oxygen atoms in total. The highest BCUT2D eigenvalue weighted by molar-refractivity contribution is 9.10. The molecule has 0 radical (unpaired) electrons. The van der Waals surface area contributed by atoms with E-state index in [0.717, 1.165) is 10.0 Å². The van der Waals surface area contributed by atoms with Crippen molar-refractivity contribution in [3.05, 3.63) is 52.0 Å². The first-order valence-corrected chi connectivity index (χ1v) is 7.97. The Labute approximate surface area is 148 Å². The van der Waals surface area contributed by atoms with Crippen molar-refractivity contribution in [2.24, 2.45) is 5.10 Å². The van der Waals surface area contributed by atoms with Gasteiger partial charge in [-0.25, -0.2) is 4.79 Å². The number of ether oxygens (including phenoxy) is 2. The first-order chi connectivity index (χ1) is 11.6. The summed E-state index contributed by atoms with van der Waals surface area (Å²) in [5, 5.41) is 13.2. The number of benzene rings is 2. The molecule has 0 aliphatic heterocycles. The Kier molecular flexibility index (Phi) is 6.20. The Morgan fingerprint density at radius 2 is 2.12 bits per heavy atom. The molecule has 0 aromatic heterocycles. The van der Waals surface area contributed by atoms with E-state index < -0.39 is 5.97 Å². The van der Waals surface area contributed by atoms with Crippen LogP contribution >= 0.6 is 15.9 Å². The van der Waals surface area contributed by atoms with Crippen molar-refractivity contribution in [3.8, 4) is 11.5 Å². The number of carboxylic acid groups (broad SMARTS) is 1. The Morgan fingerprint density at radius 1 is 1.38 bits per heavy atom. The molecular weight excluding hydrogens is 376 g/mol. The van der Waals surface area contributed by atoms with E-state index in [-0.39, 0.29) is 5.56 Å². The Hall–Kier alpha value is -2.54. The highest BCUT2D eigenvalue weighted by atomic mass is 79.9. The van der Waals surface area contributed by atoms with Crippen LogP contribution in [0.25, 0.3) is 0 Å². The predicted molar refractivity (Wildman–Crippen MR) is 96.5 cm³/mol. The quantitative estimate of drug-likeness (QED) is 0.549. The van der Waals surface area contributed by atoms with E-state index in [1.165, 1.54) is 6.07 Å². The summed E-state index contributed by atoms with van der Waals surface area (Å²) in [6.45, 7) is 2.39. The Balaban J connectivity index is 2.22. The lowest BCUT2D eigenvalue weighted by Crippen LogP contribution is -2.02. The summed E-state index contributed by atoms with van der Waals surface area (Å²) in [6, 6.07) is 10.2. The molecule has 2 aromatic carbocycles. The molecule has 24 heavy (non-hydrogen) atoms. The van der Waals surface area contributed by atoms with Gasteiger partial charge in [0, 0.05) is 0 Å². The summed E-state index contributed by atoms with van der Waals surface area (Å²) in [7, 11) is 1.57. The molecule has 0 fully saturated rings. The van der Waals surface area contributed by atoms with E-state index in [0.29, 0.717) is 23.8 Å². The summed E-state index contributed by atoms with van der Waals surface area (Å²) in [6.07, 6.45) is 1.57. The molecule has 0 unspecified atom stereocenters. The number of halogens is 1. The molecule has 0 aliphatic carbocycles. The van der Waals surface area contributed by atoms with Gasteiger partial charge in [-0.15, -0.1) is 0 Å². The van der Waals surface area contributed by atoms with Crippen LogP contribution in [-0.4, -0.2) is 31.0 Å². The van der Waals surface area contributed by atoms with Crippen LogP contribution in [0.15, 0.2) is 46.0 Å². The van der Waals surface area contributed by atoms with Gasteiger partial charge >= 0.3 is 5.97 Å². The number of methoxy groups -OCH3 is 1. The number of nitrogens with one attached hydrogen (secondary N) is 1. The average molecular weight is 393 g/mol. The fraction of sp³-hybridized carbons (Fsp3) is 0.176. The van der Waals surface area contributed by atoms with Crippen LogP contribution in [0.3, 0.4) is 0 Å². The van der Waals surface area contributed by atoms with Gasteiger partial charge in [0.15, 0.2) is 11.5 Å². The van der Waals surface area contributed by atoms with Crippen molar-refractivity contribution in [2.75, 3.05) is 19.1 Å². The Bertz CT molecular complexity index is 762. The fourth-order valence-corrected chi connectivity index (χ4v) is 2.69. The lowest BCUT2D eigenvalue weighted by molar-refractivity contribution is 0.0698. The highest BCUT2D eigenvalue weighted by Gasteiger charge is 2.11. The minimum Gasteiger partial charge on any atom is -0.492 e. The maximum Gasteiger partial charge on any atom is 0.337 e. The SMILES string of the molecule is CCOc1cc(C=NNc2ccccc2C(=O)O)cc(Br)c1OC.